The third-order valence-electron chi connectivity index (χ3n) is 0.652. The van der Waals surface area contributed by atoms with Gasteiger partial charge in [0.15, 0.2) is 0 Å². The number of halogens is 2. The number of hydrogen-bond donors (Lipinski definition) is 0. The molecule has 0 aliphatic rings. The molecule has 0 spiro atoms. The summed E-state index contributed by atoms with van der Waals surface area (Å²) < 4.78 is 0. The van der Waals surface area contributed by atoms with Gasteiger partial charge in [-0.2, -0.15) is 0 Å². The lowest BCUT2D eigenvalue weighted by Crippen LogP contribution is -1.74. The molecule has 0 saturated heterocycles. The van der Waals surface area contributed by atoms with Gasteiger partial charge >= 0.3 is 0 Å². The Morgan fingerprint density at radius 3 is 2.50 bits per heavy atom. The number of hydrogen-bond acceptors (Lipinski definition) is 0. The third kappa shape index (κ3) is 6.32. The van der Waals surface area contributed by atoms with E-state index in [1.54, 1.807) is 6.08 Å². The minimum absolute atomic E-state index is 0.360. The molecule has 8 heavy (non-hydrogen) atoms. The van der Waals surface area contributed by atoms with Crippen LogP contribution in [-0.4, -0.2) is 4.84 Å². The summed E-state index contributed by atoms with van der Waals surface area (Å²) in [5.74, 6) is 0. The zero-order valence-corrected chi connectivity index (χ0v) is 6.12. The van der Waals surface area contributed by atoms with Crippen LogP contribution in [0.15, 0.2) is 12.2 Å². The minimum atomic E-state index is -0.360. The van der Waals surface area contributed by atoms with Crippen LogP contribution in [-0.2, 0) is 0 Å². The van der Waals surface area contributed by atoms with Crippen molar-refractivity contribution >= 4 is 23.2 Å². The van der Waals surface area contributed by atoms with Crippen LogP contribution in [0.3, 0.4) is 0 Å². The standard InChI is InChI=1S/C6H9Cl2/c1-2-3-4-5-6(7)8/h4-6H,1-3H2. The maximum atomic E-state index is 5.37. The van der Waals surface area contributed by atoms with Crippen LogP contribution in [0.5, 0.6) is 0 Å². The van der Waals surface area contributed by atoms with Crippen LogP contribution >= 0.6 is 23.2 Å². The summed E-state index contributed by atoms with van der Waals surface area (Å²) in [6, 6.07) is 0. The highest BCUT2D eigenvalue weighted by Crippen LogP contribution is 2.03. The first-order valence-electron chi connectivity index (χ1n) is 2.51. The lowest BCUT2D eigenvalue weighted by molar-refractivity contribution is 1.05. The molecular weight excluding hydrogens is 143 g/mol. The van der Waals surface area contributed by atoms with E-state index in [0.29, 0.717) is 0 Å². The molecule has 47 valence electrons. The molecule has 1 radical (unpaired) electrons. The molecule has 0 N–H and O–H groups in total. The van der Waals surface area contributed by atoms with E-state index < -0.39 is 0 Å². The average Bonchev–Trinajstić information content (AvgIpc) is 1.66. The summed E-state index contributed by atoms with van der Waals surface area (Å²) in [6.07, 6.45) is 5.53. The molecule has 0 saturated carbocycles. The van der Waals surface area contributed by atoms with Crippen molar-refractivity contribution in [2.75, 3.05) is 0 Å². The summed E-state index contributed by atoms with van der Waals surface area (Å²) in [4.78, 5) is -0.360. The lowest BCUT2D eigenvalue weighted by Gasteiger charge is -1.86. The van der Waals surface area contributed by atoms with Gasteiger partial charge < -0.3 is 0 Å². The molecule has 0 aliphatic carbocycles. The first-order chi connectivity index (χ1) is 3.77. The molecule has 0 nitrogen and oxygen atoms in total. The van der Waals surface area contributed by atoms with E-state index in [1.807, 2.05) is 6.08 Å². The Hall–Kier alpha value is 0.320. The summed E-state index contributed by atoms with van der Waals surface area (Å²) in [6.45, 7) is 3.65. The van der Waals surface area contributed by atoms with Crippen LogP contribution < -0.4 is 0 Å². The first-order valence-corrected chi connectivity index (χ1v) is 3.38. The topological polar surface area (TPSA) is 0 Å². The summed E-state index contributed by atoms with van der Waals surface area (Å²) in [5, 5.41) is 0. The maximum absolute atomic E-state index is 5.37. The molecule has 0 amide bonds. The molecule has 0 aromatic rings. The molecule has 0 fully saturated rings. The van der Waals surface area contributed by atoms with Gasteiger partial charge in [-0.05, 0) is 12.8 Å². The monoisotopic (exact) mass is 151 g/mol. The van der Waals surface area contributed by atoms with Crippen molar-refractivity contribution in [3.8, 4) is 0 Å². The second kappa shape index (κ2) is 5.46. The molecule has 0 aliphatic heterocycles. The predicted octanol–water partition coefficient (Wildman–Crippen LogP) is 2.96. The largest absolute Gasteiger partial charge is 0.125 e. The number of allylic oxidation sites excluding steroid dienone is 2. The van der Waals surface area contributed by atoms with Crippen LogP contribution in [0.25, 0.3) is 0 Å². The average molecular weight is 152 g/mol. The highest BCUT2D eigenvalue weighted by Gasteiger charge is 1.85. The van der Waals surface area contributed by atoms with E-state index in [1.165, 1.54) is 0 Å². The van der Waals surface area contributed by atoms with Gasteiger partial charge in [0.1, 0.15) is 4.84 Å². The molecule has 0 aromatic heterocycles. The maximum Gasteiger partial charge on any atom is 0.125 e. The Morgan fingerprint density at radius 1 is 1.50 bits per heavy atom. The highest BCUT2D eigenvalue weighted by atomic mass is 35.5. The van der Waals surface area contributed by atoms with E-state index in [4.69, 9.17) is 23.2 Å². The van der Waals surface area contributed by atoms with Crippen LogP contribution in [0.4, 0.5) is 0 Å². The Labute approximate surface area is 60.5 Å². The second-order valence-corrected chi connectivity index (χ2v) is 2.57. The van der Waals surface area contributed by atoms with Gasteiger partial charge in [-0.3, -0.25) is 0 Å². The van der Waals surface area contributed by atoms with E-state index in [-0.39, 0.29) is 4.84 Å². The number of rotatable bonds is 3. The van der Waals surface area contributed by atoms with Crippen LogP contribution in [0.2, 0.25) is 0 Å². The van der Waals surface area contributed by atoms with E-state index in [0.717, 1.165) is 12.8 Å². The fourth-order valence-corrected chi connectivity index (χ4v) is 0.523. The Morgan fingerprint density at radius 2 is 2.12 bits per heavy atom. The number of alkyl halides is 2. The van der Waals surface area contributed by atoms with Crippen molar-refractivity contribution in [2.45, 2.75) is 17.7 Å². The Kier molecular flexibility index (Phi) is 5.67. The molecule has 2 heteroatoms. The van der Waals surface area contributed by atoms with Gasteiger partial charge in [0.05, 0.1) is 0 Å². The van der Waals surface area contributed by atoms with Crippen LogP contribution in [0, 0.1) is 6.92 Å². The molecule has 0 heterocycles. The zero-order chi connectivity index (χ0) is 6.41. The van der Waals surface area contributed by atoms with Crippen molar-refractivity contribution in [3.63, 3.8) is 0 Å². The van der Waals surface area contributed by atoms with Crippen molar-refractivity contribution in [2.24, 2.45) is 0 Å². The zero-order valence-electron chi connectivity index (χ0n) is 4.61. The Bertz CT molecular complexity index is 66.9. The van der Waals surface area contributed by atoms with Gasteiger partial charge in [0.2, 0.25) is 0 Å². The van der Waals surface area contributed by atoms with Gasteiger partial charge in [-0.1, -0.05) is 19.1 Å². The molecule has 0 rings (SSSR count). The lowest BCUT2D eigenvalue weighted by atomic mass is 10.3. The van der Waals surface area contributed by atoms with E-state index >= 15 is 0 Å². The minimum Gasteiger partial charge on any atom is -0.101 e. The summed E-state index contributed by atoms with van der Waals surface area (Å²) in [5.41, 5.74) is 0. The van der Waals surface area contributed by atoms with Gasteiger partial charge in [0, 0.05) is 0 Å². The molecule has 0 atom stereocenters. The van der Waals surface area contributed by atoms with Crippen LogP contribution in [0.1, 0.15) is 12.8 Å². The van der Waals surface area contributed by atoms with E-state index in [9.17, 15) is 0 Å². The fourth-order valence-electron chi connectivity index (χ4n) is 0.317. The van der Waals surface area contributed by atoms with Crippen molar-refractivity contribution in [1.29, 1.82) is 0 Å². The first kappa shape index (κ1) is 8.32. The van der Waals surface area contributed by atoms with Crippen molar-refractivity contribution in [3.05, 3.63) is 19.1 Å². The highest BCUT2D eigenvalue weighted by molar-refractivity contribution is 6.45. The summed E-state index contributed by atoms with van der Waals surface area (Å²) >= 11 is 10.7. The van der Waals surface area contributed by atoms with Crippen molar-refractivity contribution < 1.29 is 0 Å². The SMILES string of the molecule is [CH2]CCC=CC(Cl)Cl. The normalized spacial score (nSPS) is 11.5. The van der Waals surface area contributed by atoms with Crippen molar-refractivity contribution in [1.82, 2.24) is 0 Å². The van der Waals surface area contributed by atoms with E-state index in [2.05, 4.69) is 6.92 Å². The third-order valence-corrected chi connectivity index (χ3v) is 0.943. The smallest absolute Gasteiger partial charge is 0.101 e. The molecule has 0 unspecified atom stereocenters. The fraction of sp³-hybridized carbons (Fsp3) is 0.500. The quantitative estimate of drug-likeness (QED) is 0.430. The van der Waals surface area contributed by atoms with Gasteiger partial charge in [0.25, 0.3) is 0 Å². The Balaban J connectivity index is 3.07. The van der Waals surface area contributed by atoms with Gasteiger partial charge in [-0.25, -0.2) is 0 Å². The molecule has 0 aromatic carbocycles. The number of unbranched alkanes of at least 4 members (excludes halogenated alkanes) is 1. The second-order valence-electron chi connectivity index (χ2n) is 1.40. The predicted molar refractivity (Wildman–Crippen MR) is 39.2 cm³/mol. The molecule has 0 bridgehead atoms. The molecular formula is C6H9Cl2. The van der Waals surface area contributed by atoms with Gasteiger partial charge in [-0.15, -0.1) is 23.2 Å². The summed E-state index contributed by atoms with van der Waals surface area (Å²) in [7, 11) is 0.